The third-order valence-corrected chi connectivity index (χ3v) is 3.90. The van der Waals surface area contributed by atoms with Gasteiger partial charge in [0, 0.05) is 12.1 Å². The monoisotopic (exact) mass is 298 g/mol. The number of rotatable bonds is 8. The van der Waals surface area contributed by atoms with Crippen molar-refractivity contribution >= 4 is 6.09 Å². The first-order valence-electron chi connectivity index (χ1n) is 8.65. The van der Waals surface area contributed by atoms with Crippen LogP contribution in [0.2, 0.25) is 0 Å². The molecule has 2 atom stereocenters. The molecule has 0 spiro atoms. The molecule has 124 valence electrons. The predicted octanol–water partition coefficient (Wildman–Crippen LogP) is 3.99. The second-order valence-electron chi connectivity index (χ2n) is 7.16. The molecule has 0 aliphatic heterocycles. The van der Waals surface area contributed by atoms with Gasteiger partial charge in [-0.1, -0.05) is 32.6 Å². The van der Waals surface area contributed by atoms with Gasteiger partial charge in [-0.2, -0.15) is 0 Å². The van der Waals surface area contributed by atoms with Gasteiger partial charge in [-0.05, 0) is 53.0 Å². The summed E-state index contributed by atoms with van der Waals surface area (Å²) in [5.41, 5.74) is -0.426. The summed E-state index contributed by atoms with van der Waals surface area (Å²) in [6.07, 6.45) is 9.58. The lowest BCUT2D eigenvalue weighted by Crippen LogP contribution is -2.48. The molecule has 0 bridgehead atoms. The molecule has 0 heterocycles. The van der Waals surface area contributed by atoms with Crippen LogP contribution in [0.25, 0.3) is 0 Å². The van der Waals surface area contributed by atoms with Crippen molar-refractivity contribution in [1.82, 2.24) is 10.6 Å². The summed E-state index contributed by atoms with van der Waals surface area (Å²) in [6.45, 7) is 8.98. The lowest BCUT2D eigenvalue weighted by molar-refractivity contribution is 0.0498. The number of carbonyl (C=O) groups is 1. The van der Waals surface area contributed by atoms with E-state index in [-0.39, 0.29) is 12.1 Å². The Morgan fingerprint density at radius 1 is 1.10 bits per heavy atom. The van der Waals surface area contributed by atoms with Crippen molar-refractivity contribution in [2.45, 2.75) is 96.7 Å². The summed E-state index contributed by atoms with van der Waals surface area (Å²) < 4.78 is 5.34. The van der Waals surface area contributed by atoms with E-state index in [1.807, 2.05) is 20.8 Å². The number of amides is 1. The Morgan fingerprint density at radius 2 is 1.76 bits per heavy atom. The molecule has 0 aromatic rings. The molecule has 0 radical (unpaired) electrons. The largest absolute Gasteiger partial charge is 0.444 e. The van der Waals surface area contributed by atoms with E-state index in [2.05, 4.69) is 17.6 Å². The van der Waals surface area contributed by atoms with E-state index in [0.717, 1.165) is 19.4 Å². The van der Waals surface area contributed by atoms with Crippen LogP contribution in [0.5, 0.6) is 0 Å². The molecule has 2 N–H and O–H groups in total. The highest BCUT2D eigenvalue weighted by Gasteiger charge is 2.29. The maximum absolute atomic E-state index is 11.8. The van der Waals surface area contributed by atoms with Crippen LogP contribution in [0, 0.1) is 0 Å². The SMILES string of the molecule is CCCCCCCNC1CCCC1NC(=O)OC(C)(C)C. The molecule has 0 aromatic carbocycles. The van der Waals surface area contributed by atoms with Crippen molar-refractivity contribution < 1.29 is 9.53 Å². The fourth-order valence-electron chi connectivity index (χ4n) is 2.85. The van der Waals surface area contributed by atoms with Crippen LogP contribution in [-0.4, -0.2) is 30.3 Å². The molecule has 0 aromatic heterocycles. The van der Waals surface area contributed by atoms with Gasteiger partial charge >= 0.3 is 6.09 Å². The molecule has 2 unspecified atom stereocenters. The second kappa shape index (κ2) is 9.29. The highest BCUT2D eigenvalue weighted by Crippen LogP contribution is 2.20. The maximum Gasteiger partial charge on any atom is 0.407 e. The van der Waals surface area contributed by atoms with Gasteiger partial charge in [0.05, 0.1) is 0 Å². The van der Waals surface area contributed by atoms with E-state index in [9.17, 15) is 4.79 Å². The molecule has 1 saturated carbocycles. The molecule has 21 heavy (non-hydrogen) atoms. The Kier molecular flexibility index (Phi) is 8.09. The van der Waals surface area contributed by atoms with E-state index >= 15 is 0 Å². The van der Waals surface area contributed by atoms with Crippen LogP contribution in [0.15, 0.2) is 0 Å². The van der Waals surface area contributed by atoms with E-state index in [1.165, 1.54) is 38.5 Å². The Balaban J connectivity index is 2.20. The van der Waals surface area contributed by atoms with Crippen LogP contribution in [0.4, 0.5) is 4.79 Å². The van der Waals surface area contributed by atoms with Gasteiger partial charge in [-0.25, -0.2) is 4.79 Å². The number of alkyl carbamates (subject to hydrolysis) is 1. The van der Waals surface area contributed by atoms with Crippen LogP contribution in [0.1, 0.15) is 79.1 Å². The molecule has 4 nitrogen and oxygen atoms in total. The van der Waals surface area contributed by atoms with Gasteiger partial charge in [0.2, 0.25) is 0 Å². The smallest absolute Gasteiger partial charge is 0.407 e. The van der Waals surface area contributed by atoms with E-state index in [4.69, 9.17) is 4.74 Å². The zero-order valence-corrected chi connectivity index (χ0v) is 14.3. The van der Waals surface area contributed by atoms with E-state index in [0.29, 0.717) is 6.04 Å². The maximum atomic E-state index is 11.8. The molecule has 1 fully saturated rings. The van der Waals surface area contributed by atoms with Gasteiger partial charge in [-0.15, -0.1) is 0 Å². The number of hydrogen-bond acceptors (Lipinski definition) is 3. The summed E-state index contributed by atoms with van der Waals surface area (Å²) in [7, 11) is 0. The fraction of sp³-hybridized carbons (Fsp3) is 0.941. The third-order valence-electron chi connectivity index (χ3n) is 3.90. The number of ether oxygens (including phenoxy) is 1. The first kappa shape index (κ1) is 18.3. The van der Waals surface area contributed by atoms with Crippen molar-refractivity contribution in [3.8, 4) is 0 Å². The second-order valence-corrected chi connectivity index (χ2v) is 7.16. The Morgan fingerprint density at radius 3 is 2.43 bits per heavy atom. The van der Waals surface area contributed by atoms with Crippen LogP contribution >= 0.6 is 0 Å². The minimum atomic E-state index is -0.426. The van der Waals surface area contributed by atoms with Crippen LogP contribution < -0.4 is 10.6 Å². The van der Waals surface area contributed by atoms with Crippen LogP contribution in [0.3, 0.4) is 0 Å². The van der Waals surface area contributed by atoms with Crippen molar-refractivity contribution in [3.05, 3.63) is 0 Å². The number of carbonyl (C=O) groups excluding carboxylic acids is 1. The lowest BCUT2D eigenvalue weighted by atomic mass is 10.1. The highest BCUT2D eigenvalue weighted by molar-refractivity contribution is 5.68. The number of hydrogen-bond donors (Lipinski definition) is 2. The molecule has 1 amide bonds. The first-order chi connectivity index (χ1) is 9.92. The number of unbranched alkanes of at least 4 members (excludes halogenated alkanes) is 4. The molecule has 0 saturated heterocycles. The predicted molar refractivity (Wildman–Crippen MR) is 87.6 cm³/mol. The summed E-state index contributed by atoms with van der Waals surface area (Å²) >= 11 is 0. The zero-order chi connectivity index (χ0) is 15.7. The molecular formula is C17H34N2O2. The standard InChI is InChI=1S/C17H34N2O2/c1-5-6-7-8-9-13-18-14-11-10-12-15(14)19-16(20)21-17(2,3)4/h14-15,18H,5-13H2,1-4H3,(H,19,20). The van der Waals surface area contributed by atoms with Crippen molar-refractivity contribution in [2.75, 3.05) is 6.54 Å². The average Bonchev–Trinajstić information content (AvgIpc) is 2.78. The molecule has 1 aliphatic rings. The molecule has 1 rings (SSSR count). The summed E-state index contributed by atoms with van der Waals surface area (Å²) in [6, 6.07) is 0.624. The van der Waals surface area contributed by atoms with Gasteiger partial charge in [0.15, 0.2) is 0 Å². The molecule has 4 heteroatoms. The van der Waals surface area contributed by atoms with Gasteiger partial charge < -0.3 is 15.4 Å². The topological polar surface area (TPSA) is 50.4 Å². The van der Waals surface area contributed by atoms with E-state index < -0.39 is 5.60 Å². The quantitative estimate of drug-likeness (QED) is 0.666. The third kappa shape index (κ3) is 8.30. The summed E-state index contributed by atoms with van der Waals surface area (Å²) in [4.78, 5) is 11.8. The minimum Gasteiger partial charge on any atom is -0.444 e. The zero-order valence-electron chi connectivity index (χ0n) is 14.3. The van der Waals surface area contributed by atoms with Gasteiger partial charge in [0.25, 0.3) is 0 Å². The minimum absolute atomic E-state index is 0.218. The van der Waals surface area contributed by atoms with Crippen molar-refractivity contribution in [2.24, 2.45) is 0 Å². The Labute approximate surface area is 130 Å². The van der Waals surface area contributed by atoms with Gasteiger partial charge in [0.1, 0.15) is 5.60 Å². The van der Waals surface area contributed by atoms with Crippen molar-refractivity contribution in [1.29, 1.82) is 0 Å². The summed E-state index contributed by atoms with van der Waals surface area (Å²) in [5.74, 6) is 0. The van der Waals surface area contributed by atoms with E-state index in [1.54, 1.807) is 0 Å². The fourth-order valence-corrected chi connectivity index (χ4v) is 2.85. The number of nitrogens with one attached hydrogen (secondary N) is 2. The first-order valence-corrected chi connectivity index (χ1v) is 8.65. The van der Waals surface area contributed by atoms with Gasteiger partial charge in [-0.3, -0.25) is 0 Å². The lowest BCUT2D eigenvalue weighted by Gasteiger charge is -2.25. The Hall–Kier alpha value is -0.770. The normalized spacial score (nSPS) is 22.3. The van der Waals surface area contributed by atoms with Crippen molar-refractivity contribution in [3.63, 3.8) is 0 Å². The average molecular weight is 298 g/mol. The Bertz CT molecular complexity index is 300. The summed E-state index contributed by atoms with van der Waals surface area (Å²) in [5, 5.41) is 6.63. The molecular weight excluding hydrogens is 264 g/mol. The van der Waals surface area contributed by atoms with Crippen LogP contribution in [-0.2, 0) is 4.74 Å². The highest BCUT2D eigenvalue weighted by atomic mass is 16.6. The molecule has 1 aliphatic carbocycles.